The third kappa shape index (κ3) is 11.3. The Hall–Kier alpha value is -0.730. The molecule has 4 N–H and O–H groups in total. The Morgan fingerprint density at radius 3 is 1.72 bits per heavy atom. The predicted octanol–water partition coefficient (Wildman–Crippen LogP) is 2.81. The quantitative estimate of drug-likeness (QED) is 0.225. The standard InChI is InChI=1S/C22H42O7/c1-2-3-4-5-6-7-8-9-10-11-12-13-14-15-18(23)28-16-17-19(24)20(25)21(26)22(27)29-17/h17,19-22,24-27H,2-16H2,1H3/t17-,19+,20+,21-,22+/m1/s1. The van der Waals surface area contributed by atoms with Crippen LogP contribution < -0.4 is 0 Å². The molecule has 1 aliphatic rings. The molecule has 1 saturated heterocycles. The fourth-order valence-corrected chi connectivity index (χ4v) is 3.60. The molecule has 1 rings (SSSR count). The van der Waals surface area contributed by atoms with E-state index in [-0.39, 0.29) is 12.6 Å². The number of carbonyl (C=O) groups is 1. The van der Waals surface area contributed by atoms with Gasteiger partial charge in [0.25, 0.3) is 0 Å². The second-order valence-corrected chi connectivity index (χ2v) is 8.21. The third-order valence-corrected chi connectivity index (χ3v) is 5.58. The van der Waals surface area contributed by atoms with Gasteiger partial charge in [0.15, 0.2) is 6.29 Å². The number of hydrogen-bond donors (Lipinski definition) is 4. The van der Waals surface area contributed by atoms with E-state index in [9.17, 15) is 25.2 Å². The first-order valence-corrected chi connectivity index (χ1v) is 11.5. The second kappa shape index (κ2) is 16.0. The Morgan fingerprint density at radius 2 is 1.21 bits per heavy atom. The van der Waals surface area contributed by atoms with Crippen LogP contribution in [0.5, 0.6) is 0 Å². The van der Waals surface area contributed by atoms with E-state index in [2.05, 4.69) is 6.92 Å². The summed E-state index contributed by atoms with van der Waals surface area (Å²) in [5.74, 6) is -0.390. The Morgan fingerprint density at radius 1 is 0.724 bits per heavy atom. The number of aliphatic hydroxyl groups excluding tert-OH is 4. The van der Waals surface area contributed by atoms with Gasteiger partial charge in [-0.2, -0.15) is 0 Å². The van der Waals surface area contributed by atoms with Gasteiger partial charge in [-0.25, -0.2) is 0 Å². The minimum Gasteiger partial charge on any atom is -0.463 e. The average molecular weight is 419 g/mol. The van der Waals surface area contributed by atoms with Crippen molar-refractivity contribution in [2.24, 2.45) is 0 Å². The van der Waals surface area contributed by atoms with Gasteiger partial charge in [-0.3, -0.25) is 4.79 Å². The molecule has 0 unspecified atom stereocenters. The van der Waals surface area contributed by atoms with Crippen LogP contribution in [0.25, 0.3) is 0 Å². The molecular weight excluding hydrogens is 376 g/mol. The summed E-state index contributed by atoms with van der Waals surface area (Å²) in [4.78, 5) is 11.8. The SMILES string of the molecule is CCCCCCCCCCCCCCCC(=O)OC[C@H]1O[C@H](O)[C@H](O)[C@@H](O)[C@H]1O. The van der Waals surface area contributed by atoms with E-state index in [0.717, 1.165) is 19.3 Å². The summed E-state index contributed by atoms with van der Waals surface area (Å²) in [6, 6.07) is 0. The molecule has 0 aromatic carbocycles. The number of carbonyl (C=O) groups excluding carboxylic acids is 1. The first-order valence-electron chi connectivity index (χ1n) is 11.5. The van der Waals surface area contributed by atoms with Crippen molar-refractivity contribution in [2.75, 3.05) is 6.61 Å². The molecule has 1 heterocycles. The molecule has 0 bridgehead atoms. The molecule has 5 atom stereocenters. The van der Waals surface area contributed by atoms with Crippen molar-refractivity contribution in [1.29, 1.82) is 0 Å². The molecule has 1 aliphatic heterocycles. The van der Waals surface area contributed by atoms with E-state index in [1.54, 1.807) is 0 Å². The van der Waals surface area contributed by atoms with Gasteiger partial charge in [-0.05, 0) is 6.42 Å². The highest BCUT2D eigenvalue weighted by Crippen LogP contribution is 2.20. The molecule has 0 radical (unpaired) electrons. The van der Waals surface area contributed by atoms with Crippen molar-refractivity contribution in [3.8, 4) is 0 Å². The molecule has 29 heavy (non-hydrogen) atoms. The van der Waals surface area contributed by atoms with E-state index in [4.69, 9.17) is 9.47 Å². The van der Waals surface area contributed by atoms with Crippen LogP contribution >= 0.6 is 0 Å². The van der Waals surface area contributed by atoms with Crippen molar-refractivity contribution in [1.82, 2.24) is 0 Å². The number of unbranched alkanes of at least 4 members (excludes halogenated alkanes) is 12. The number of esters is 1. The topological polar surface area (TPSA) is 116 Å². The van der Waals surface area contributed by atoms with Gasteiger partial charge in [-0.1, -0.05) is 84.0 Å². The molecule has 0 aliphatic carbocycles. The van der Waals surface area contributed by atoms with Crippen molar-refractivity contribution in [3.63, 3.8) is 0 Å². The molecule has 172 valence electrons. The molecule has 7 heteroatoms. The minimum absolute atomic E-state index is 0.265. The summed E-state index contributed by atoms with van der Waals surface area (Å²) in [5.41, 5.74) is 0. The maximum absolute atomic E-state index is 11.8. The largest absolute Gasteiger partial charge is 0.463 e. The van der Waals surface area contributed by atoms with E-state index in [0.29, 0.717) is 6.42 Å². The lowest BCUT2D eigenvalue weighted by atomic mass is 9.99. The van der Waals surface area contributed by atoms with Gasteiger partial charge >= 0.3 is 5.97 Å². The van der Waals surface area contributed by atoms with E-state index in [1.165, 1.54) is 64.2 Å². The fraction of sp³-hybridized carbons (Fsp3) is 0.955. The number of rotatable bonds is 16. The van der Waals surface area contributed by atoms with Crippen molar-refractivity contribution in [3.05, 3.63) is 0 Å². The second-order valence-electron chi connectivity index (χ2n) is 8.21. The van der Waals surface area contributed by atoms with Crippen LogP contribution in [-0.2, 0) is 14.3 Å². The first kappa shape index (κ1) is 26.3. The van der Waals surface area contributed by atoms with Crippen molar-refractivity contribution >= 4 is 5.97 Å². The summed E-state index contributed by atoms with van der Waals surface area (Å²) in [5, 5.41) is 38.3. The molecule has 0 aromatic rings. The van der Waals surface area contributed by atoms with Crippen molar-refractivity contribution in [2.45, 2.75) is 128 Å². The zero-order valence-electron chi connectivity index (χ0n) is 18.0. The Labute approximate surface area is 175 Å². The van der Waals surface area contributed by atoms with Gasteiger partial charge in [0.1, 0.15) is 31.0 Å². The molecule has 0 spiro atoms. The van der Waals surface area contributed by atoms with Crippen LogP contribution in [0.4, 0.5) is 0 Å². The Balaban J connectivity index is 1.93. The van der Waals surface area contributed by atoms with Gasteiger partial charge in [-0.15, -0.1) is 0 Å². The molecular formula is C22H42O7. The van der Waals surface area contributed by atoms with Gasteiger partial charge in [0.2, 0.25) is 0 Å². The van der Waals surface area contributed by atoms with Gasteiger partial charge < -0.3 is 29.9 Å². The number of aliphatic hydroxyl groups is 4. The van der Waals surface area contributed by atoms with Gasteiger partial charge in [0.05, 0.1) is 0 Å². The highest BCUT2D eigenvalue weighted by molar-refractivity contribution is 5.69. The number of ether oxygens (including phenoxy) is 2. The number of hydrogen-bond acceptors (Lipinski definition) is 7. The molecule has 7 nitrogen and oxygen atoms in total. The molecule has 0 aromatic heterocycles. The van der Waals surface area contributed by atoms with Crippen LogP contribution in [-0.4, -0.2) is 63.7 Å². The first-order chi connectivity index (χ1) is 14.0. The van der Waals surface area contributed by atoms with Gasteiger partial charge in [0, 0.05) is 6.42 Å². The minimum atomic E-state index is -1.61. The lowest BCUT2D eigenvalue weighted by Gasteiger charge is -2.37. The smallest absolute Gasteiger partial charge is 0.305 e. The zero-order chi connectivity index (χ0) is 21.5. The molecule has 1 fully saturated rings. The summed E-state index contributed by atoms with van der Waals surface area (Å²) in [6.07, 6.45) is 9.16. The van der Waals surface area contributed by atoms with Crippen LogP contribution in [0, 0.1) is 0 Å². The van der Waals surface area contributed by atoms with E-state index >= 15 is 0 Å². The average Bonchev–Trinajstić information content (AvgIpc) is 2.71. The summed E-state index contributed by atoms with van der Waals surface area (Å²) >= 11 is 0. The lowest BCUT2D eigenvalue weighted by molar-refractivity contribution is -0.287. The summed E-state index contributed by atoms with van der Waals surface area (Å²) in [7, 11) is 0. The summed E-state index contributed by atoms with van der Waals surface area (Å²) < 4.78 is 10.0. The van der Waals surface area contributed by atoms with Crippen molar-refractivity contribution < 1.29 is 34.7 Å². The van der Waals surface area contributed by atoms with Crippen LogP contribution in [0.1, 0.15) is 96.8 Å². The zero-order valence-corrected chi connectivity index (χ0v) is 18.0. The summed E-state index contributed by atoms with van der Waals surface area (Å²) in [6.45, 7) is 1.98. The normalized spacial score (nSPS) is 27.1. The maximum Gasteiger partial charge on any atom is 0.305 e. The van der Waals surface area contributed by atoms with Crippen LogP contribution in [0.2, 0.25) is 0 Å². The van der Waals surface area contributed by atoms with Crippen LogP contribution in [0.15, 0.2) is 0 Å². The lowest BCUT2D eigenvalue weighted by Crippen LogP contribution is -2.58. The highest BCUT2D eigenvalue weighted by atomic mass is 16.6. The monoisotopic (exact) mass is 418 g/mol. The third-order valence-electron chi connectivity index (χ3n) is 5.58. The maximum atomic E-state index is 11.8. The predicted molar refractivity (Wildman–Crippen MR) is 110 cm³/mol. The van der Waals surface area contributed by atoms with E-state index < -0.39 is 30.7 Å². The highest BCUT2D eigenvalue weighted by Gasteiger charge is 2.43. The fourth-order valence-electron chi connectivity index (χ4n) is 3.60. The Kier molecular flexibility index (Phi) is 14.5. The van der Waals surface area contributed by atoms with E-state index in [1.807, 2.05) is 0 Å². The van der Waals surface area contributed by atoms with Crippen LogP contribution in [0.3, 0.4) is 0 Å². The Bertz CT molecular complexity index is 418. The molecule has 0 saturated carbocycles. The molecule has 0 amide bonds.